The number of likely N-dealkylation sites (tertiary alicyclic amines) is 1. The van der Waals surface area contributed by atoms with E-state index in [1.807, 2.05) is 13.0 Å². The number of aryl methyl sites for hydroxylation is 1. The first kappa shape index (κ1) is 15.9. The maximum atomic E-state index is 5.79. The summed E-state index contributed by atoms with van der Waals surface area (Å²) in [4.78, 5) is 6.63. The minimum atomic E-state index is 0.261. The van der Waals surface area contributed by atoms with Crippen LogP contribution in [0.4, 0.5) is 0 Å². The van der Waals surface area contributed by atoms with Crippen LogP contribution in [0.2, 0.25) is 0 Å². The molecule has 122 valence electrons. The van der Waals surface area contributed by atoms with Crippen LogP contribution < -0.4 is 0 Å². The molecule has 0 saturated carbocycles. The summed E-state index contributed by atoms with van der Waals surface area (Å²) in [5, 5.41) is 3.87. The first-order valence-electron chi connectivity index (χ1n) is 8.10. The van der Waals surface area contributed by atoms with E-state index in [0.29, 0.717) is 12.5 Å². The van der Waals surface area contributed by atoms with Crippen molar-refractivity contribution >= 4 is 6.08 Å². The smallest absolute Gasteiger partial charge is 0.252 e. The van der Waals surface area contributed by atoms with Gasteiger partial charge in [0.15, 0.2) is 5.82 Å². The second-order valence-electron chi connectivity index (χ2n) is 5.99. The maximum absolute atomic E-state index is 5.79. The topological polar surface area (TPSA) is 51.4 Å². The summed E-state index contributed by atoms with van der Waals surface area (Å²) in [5.41, 5.74) is 2.61. The monoisotopic (exact) mass is 313 g/mol. The van der Waals surface area contributed by atoms with Gasteiger partial charge in [0.2, 0.25) is 0 Å². The summed E-state index contributed by atoms with van der Waals surface area (Å²) in [6.45, 7) is 7.47. The predicted molar refractivity (Wildman–Crippen MR) is 88.8 cm³/mol. The second kappa shape index (κ2) is 7.53. The zero-order valence-electron chi connectivity index (χ0n) is 13.7. The molecule has 0 amide bonds. The fourth-order valence-corrected chi connectivity index (χ4v) is 2.67. The Balaban J connectivity index is 1.38. The zero-order valence-corrected chi connectivity index (χ0v) is 13.7. The molecule has 0 radical (unpaired) electrons. The zero-order chi connectivity index (χ0) is 16.1. The Bertz CT molecular complexity index is 645. The fraction of sp³-hybridized carbons (Fsp3) is 0.444. The molecule has 1 saturated heterocycles. The molecule has 3 rings (SSSR count). The van der Waals surface area contributed by atoms with Crippen LogP contribution in [0.1, 0.15) is 31.1 Å². The van der Waals surface area contributed by atoms with E-state index in [4.69, 9.17) is 9.26 Å². The van der Waals surface area contributed by atoms with Crippen LogP contribution in [0.15, 0.2) is 40.4 Å². The highest BCUT2D eigenvalue weighted by Gasteiger charge is 2.27. The number of ether oxygens (including phenoxy) is 1. The van der Waals surface area contributed by atoms with Crippen molar-refractivity contribution in [3.8, 4) is 0 Å². The molecule has 1 aromatic heterocycles. The SMILES string of the molecule is CCc1noc(COC2CN(CC(C)=Cc3ccccc3)C2)n1. The standard InChI is InChI=1S/C18H23N3O2/c1-3-17-19-18(23-20-17)13-22-16-11-21(12-16)10-14(2)9-15-7-5-4-6-8-15/h4-9,16H,3,10-13H2,1-2H3. The molecule has 0 spiro atoms. The molecule has 1 fully saturated rings. The lowest BCUT2D eigenvalue weighted by atomic mass is 10.1. The Morgan fingerprint density at radius 1 is 1.35 bits per heavy atom. The van der Waals surface area contributed by atoms with E-state index in [9.17, 15) is 0 Å². The summed E-state index contributed by atoms with van der Waals surface area (Å²) in [7, 11) is 0. The van der Waals surface area contributed by atoms with E-state index in [0.717, 1.165) is 31.9 Å². The van der Waals surface area contributed by atoms with Crippen LogP contribution in [0.3, 0.4) is 0 Å². The van der Waals surface area contributed by atoms with Gasteiger partial charge in [-0.15, -0.1) is 0 Å². The first-order valence-corrected chi connectivity index (χ1v) is 8.10. The molecular formula is C18H23N3O2. The van der Waals surface area contributed by atoms with Crippen molar-refractivity contribution in [2.24, 2.45) is 0 Å². The van der Waals surface area contributed by atoms with Gasteiger partial charge in [0.25, 0.3) is 5.89 Å². The number of nitrogens with zero attached hydrogens (tertiary/aromatic N) is 3. The van der Waals surface area contributed by atoms with Crippen LogP contribution in [-0.2, 0) is 17.8 Å². The molecule has 0 aliphatic carbocycles. The Morgan fingerprint density at radius 3 is 2.83 bits per heavy atom. The van der Waals surface area contributed by atoms with Gasteiger partial charge in [0.05, 0.1) is 6.10 Å². The van der Waals surface area contributed by atoms with Crippen molar-refractivity contribution in [1.82, 2.24) is 15.0 Å². The number of benzene rings is 1. The molecule has 2 heterocycles. The highest BCUT2D eigenvalue weighted by atomic mass is 16.5. The van der Waals surface area contributed by atoms with Gasteiger partial charge in [-0.1, -0.05) is 54.1 Å². The Morgan fingerprint density at radius 2 is 2.13 bits per heavy atom. The number of rotatable bonds is 7. The number of aromatic nitrogens is 2. The van der Waals surface area contributed by atoms with Crippen molar-refractivity contribution in [3.05, 3.63) is 53.2 Å². The van der Waals surface area contributed by atoms with E-state index >= 15 is 0 Å². The second-order valence-corrected chi connectivity index (χ2v) is 5.99. The van der Waals surface area contributed by atoms with Crippen molar-refractivity contribution in [2.75, 3.05) is 19.6 Å². The molecule has 5 heteroatoms. The number of hydrogen-bond donors (Lipinski definition) is 0. The highest BCUT2D eigenvalue weighted by Crippen LogP contribution is 2.16. The van der Waals surface area contributed by atoms with Crippen molar-refractivity contribution < 1.29 is 9.26 Å². The third-order valence-electron chi connectivity index (χ3n) is 3.88. The van der Waals surface area contributed by atoms with Crippen molar-refractivity contribution in [1.29, 1.82) is 0 Å². The average Bonchev–Trinajstić information content (AvgIpc) is 2.98. The third kappa shape index (κ3) is 4.50. The average molecular weight is 313 g/mol. The summed E-state index contributed by atoms with van der Waals surface area (Å²) >= 11 is 0. The summed E-state index contributed by atoms with van der Waals surface area (Å²) in [5.74, 6) is 1.31. The van der Waals surface area contributed by atoms with Gasteiger partial charge < -0.3 is 9.26 Å². The lowest BCUT2D eigenvalue weighted by molar-refractivity contribution is -0.0653. The molecule has 1 aliphatic rings. The van der Waals surface area contributed by atoms with Crippen LogP contribution in [0.5, 0.6) is 0 Å². The Kier molecular flexibility index (Phi) is 5.20. The van der Waals surface area contributed by atoms with Gasteiger partial charge in [-0.2, -0.15) is 4.98 Å². The molecule has 0 bridgehead atoms. The quantitative estimate of drug-likeness (QED) is 0.786. The molecular weight excluding hydrogens is 290 g/mol. The van der Waals surface area contributed by atoms with Gasteiger partial charge in [-0.3, -0.25) is 4.90 Å². The molecule has 1 aliphatic heterocycles. The summed E-state index contributed by atoms with van der Waals surface area (Å²) in [6, 6.07) is 10.4. The predicted octanol–water partition coefficient (Wildman–Crippen LogP) is 2.94. The van der Waals surface area contributed by atoms with Gasteiger partial charge in [0, 0.05) is 26.1 Å². The lowest BCUT2D eigenvalue weighted by Crippen LogP contribution is -2.52. The molecule has 0 atom stereocenters. The molecule has 23 heavy (non-hydrogen) atoms. The van der Waals surface area contributed by atoms with Crippen molar-refractivity contribution in [3.63, 3.8) is 0 Å². The van der Waals surface area contributed by atoms with Crippen LogP contribution in [-0.4, -0.2) is 40.8 Å². The van der Waals surface area contributed by atoms with Crippen LogP contribution >= 0.6 is 0 Å². The van der Waals surface area contributed by atoms with E-state index in [-0.39, 0.29) is 6.10 Å². The van der Waals surface area contributed by atoms with Crippen LogP contribution in [0.25, 0.3) is 6.08 Å². The highest BCUT2D eigenvalue weighted by molar-refractivity contribution is 5.52. The third-order valence-corrected chi connectivity index (χ3v) is 3.88. The first-order chi connectivity index (χ1) is 11.2. The summed E-state index contributed by atoms with van der Waals surface area (Å²) in [6.07, 6.45) is 3.28. The van der Waals surface area contributed by atoms with Gasteiger partial charge in [0.1, 0.15) is 6.61 Å². The fourth-order valence-electron chi connectivity index (χ4n) is 2.67. The van der Waals surface area contributed by atoms with Crippen LogP contribution in [0, 0.1) is 0 Å². The summed E-state index contributed by atoms with van der Waals surface area (Å²) < 4.78 is 10.9. The molecule has 2 aromatic rings. The van der Waals surface area contributed by atoms with Gasteiger partial charge in [-0.05, 0) is 12.5 Å². The van der Waals surface area contributed by atoms with Gasteiger partial charge in [-0.25, -0.2) is 0 Å². The van der Waals surface area contributed by atoms with E-state index in [2.05, 4.69) is 52.3 Å². The van der Waals surface area contributed by atoms with Gasteiger partial charge >= 0.3 is 0 Å². The van der Waals surface area contributed by atoms with E-state index in [1.165, 1.54) is 11.1 Å². The van der Waals surface area contributed by atoms with E-state index < -0.39 is 0 Å². The van der Waals surface area contributed by atoms with E-state index in [1.54, 1.807) is 0 Å². The maximum Gasteiger partial charge on any atom is 0.252 e. The minimum absolute atomic E-state index is 0.261. The minimum Gasteiger partial charge on any atom is -0.366 e. The Labute approximate surface area is 137 Å². The lowest BCUT2D eigenvalue weighted by Gasteiger charge is -2.38. The normalized spacial score (nSPS) is 16.5. The number of hydrogen-bond acceptors (Lipinski definition) is 5. The largest absolute Gasteiger partial charge is 0.366 e. The Hall–Kier alpha value is -1.98. The molecule has 0 unspecified atom stereocenters. The molecule has 0 N–H and O–H groups in total. The molecule has 5 nitrogen and oxygen atoms in total. The van der Waals surface area contributed by atoms with Crippen molar-refractivity contribution in [2.45, 2.75) is 33.0 Å². The molecule has 1 aromatic carbocycles.